The Morgan fingerprint density at radius 2 is 2.00 bits per heavy atom. The highest BCUT2D eigenvalue weighted by atomic mass is 35.5. The molecule has 0 bridgehead atoms. The molecule has 25 heavy (non-hydrogen) atoms. The summed E-state index contributed by atoms with van der Waals surface area (Å²) in [6.45, 7) is 0.737. The third kappa shape index (κ3) is 4.12. The van der Waals surface area contributed by atoms with Crippen LogP contribution in [0.2, 0.25) is 5.02 Å². The Kier molecular flexibility index (Phi) is 5.24. The second kappa shape index (κ2) is 7.57. The zero-order valence-electron chi connectivity index (χ0n) is 13.8. The summed E-state index contributed by atoms with van der Waals surface area (Å²) in [6.07, 6.45) is 0.600. The van der Waals surface area contributed by atoms with Crippen molar-refractivity contribution in [1.82, 2.24) is 5.32 Å². The van der Waals surface area contributed by atoms with Crippen molar-refractivity contribution in [3.05, 3.63) is 64.2 Å². The number of carbonyl (C=O) groups is 2. The molecule has 1 N–H and O–H groups in total. The lowest BCUT2D eigenvalue weighted by atomic mass is 9.96. The van der Waals surface area contributed by atoms with E-state index in [9.17, 15) is 9.59 Å². The number of hydrogen-bond acceptors (Lipinski definition) is 4. The van der Waals surface area contributed by atoms with Crippen LogP contribution in [-0.4, -0.2) is 25.6 Å². The minimum absolute atomic E-state index is 0.0670. The van der Waals surface area contributed by atoms with Gasteiger partial charge in [-0.05, 0) is 47.9 Å². The molecule has 1 heterocycles. The second-order valence-corrected chi connectivity index (χ2v) is 6.31. The zero-order chi connectivity index (χ0) is 17.8. The maximum Gasteiger partial charge on any atom is 0.337 e. The van der Waals surface area contributed by atoms with Gasteiger partial charge >= 0.3 is 5.97 Å². The van der Waals surface area contributed by atoms with Crippen molar-refractivity contribution in [1.29, 1.82) is 0 Å². The molecule has 0 spiro atoms. The average molecular weight is 360 g/mol. The number of nitrogens with one attached hydrogen (secondary N) is 1. The summed E-state index contributed by atoms with van der Waals surface area (Å²) in [7, 11) is 1.34. The molecule has 1 atom stereocenters. The first-order valence-electron chi connectivity index (χ1n) is 7.93. The van der Waals surface area contributed by atoms with Gasteiger partial charge in [0.1, 0.15) is 12.4 Å². The molecule has 0 fully saturated rings. The van der Waals surface area contributed by atoms with E-state index in [0.717, 1.165) is 16.9 Å². The third-order valence-corrected chi connectivity index (χ3v) is 4.38. The number of carbonyl (C=O) groups excluding carboxylic acids is 2. The van der Waals surface area contributed by atoms with Crippen molar-refractivity contribution in [2.45, 2.75) is 13.0 Å². The van der Waals surface area contributed by atoms with Crippen LogP contribution in [0.3, 0.4) is 0 Å². The lowest BCUT2D eigenvalue weighted by Crippen LogP contribution is -2.37. The van der Waals surface area contributed by atoms with E-state index >= 15 is 0 Å². The van der Waals surface area contributed by atoms with Crippen LogP contribution in [-0.2, 0) is 22.5 Å². The van der Waals surface area contributed by atoms with Crippen molar-refractivity contribution in [3.8, 4) is 5.75 Å². The SMILES string of the molecule is COC(=O)c1ccc(CNC(=O)[C@@H]2COc3ccc(Cl)cc3C2)cc1. The number of halogens is 1. The molecular formula is C19H18ClNO4. The Balaban J connectivity index is 1.57. The molecule has 0 aromatic heterocycles. The van der Waals surface area contributed by atoms with Crippen LogP contribution in [0, 0.1) is 5.92 Å². The van der Waals surface area contributed by atoms with E-state index in [1.165, 1.54) is 7.11 Å². The molecule has 1 amide bonds. The molecule has 3 rings (SSSR count). The molecule has 0 saturated heterocycles. The maximum absolute atomic E-state index is 12.4. The van der Waals surface area contributed by atoms with Crippen LogP contribution in [0.25, 0.3) is 0 Å². The van der Waals surface area contributed by atoms with E-state index in [-0.39, 0.29) is 17.8 Å². The Morgan fingerprint density at radius 1 is 1.24 bits per heavy atom. The van der Waals surface area contributed by atoms with Gasteiger partial charge in [-0.25, -0.2) is 4.79 Å². The van der Waals surface area contributed by atoms with Crippen LogP contribution >= 0.6 is 11.6 Å². The molecule has 2 aromatic carbocycles. The Bertz CT molecular complexity index is 789. The van der Waals surface area contributed by atoms with Gasteiger partial charge in [-0.3, -0.25) is 4.79 Å². The molecule has 130 valence electrons. The molecule has 0 radical (unpaired) electrons. The van der Waals surface area contributed by atoms with E-state index in [1.54, 1.807) is 30.3 Å². The van der Waals surface area contributed by atoms with E-state index in [0.29, 0.717) is 30.2 Å². The van der Waals surface area contributed by atoms with E-state index in [2.05, 4.69) is 10.1 Å². The Labute approximate surface area is 150 Å². The fourth-order valence-electron chi connectivity index (χ4n) is 2.74. The highest BCUT2D eigenvalue weighted by Crippen LogP contribution is 2.29. The Morgan fingerprint density at radius 3 is 2.72 bits per heavy atom. The fraction of sp³-hybridized carbons (Fsp3) is 0.263. The average Bonchev–Trinajstić information content (AvgIpc) is 2.65. The van der Waals surface area contributed by atoms with Crippen LogP contribution in [0.1, 0.15) is 21.5 Å². The lowest BCUT2D eigenvalue weighted by Gasteiger charge is -2.24. The van der Waals surface area contributed by atoms with Crippen molar-refractivity contribution >= 4 is 23.5 Å². The minimum Gasteiger partial charge on any atom is -0.492 e. The van der Waals surface area contributed by atoms with Crippen molar-refractivity contribution in [3.63, 3.8) is 0 Å². The summed E-state index contributed by atoms with van der Waals surface area (Å²) in [5, 5.41) is 3.54. The molecule has 6 heteroatoms. The third-order valence-electron chi connectivity index (χ3n) is 4.14. The van der Waals surface area contributed by atoms with E-state index in [4.69, 9.17) is 16.3 Å². The quantitative estimate of drug-likeness (QED) is 0.852. The first kappa shape index (κ1) is 17.3. The van der Waals surface area contributed by atoms with Crippen molar-refractivity contribution < 1.29 is 19.1 Å². The smallest absolute Gasteiger partial charge is 0.337 e. The number of esters is 1. The van der Waals surface area contributed by atoms with Crippen molar-refractivity contribution in [2.75, 3.05) is 13.7 Å². The fourth-order valence-corrected chi connectivity index (χ4v) is 2.94. The number of ether oxygens (including phenoxy) is 2. The van der Waals surface area contributed by atoms with Gasteiger partial charge in [-0.15, -0.1) is 0 Å². The molecule has 0 unspecified atom stereocenters. The van der Waals surface area contributed by atoms with Gasteiger partial charge in [0, 0.05) is 11.6 Å². The molecule has 1 aliphatic rings. The van der Waals surface area contributed by atoms with Gasteiger partial charge in [0.2, 0.25) is 5.91 Å². The molecule has 1 aliphatic heterocycles. The van der Waals surface area contributed by atoms with Crippen LogP contribution < -0.4 is 10.1 Å². The highest BCUT2D eigenvalue weighted by molar-refractivity contribution is 6.30. The first-order chi connectivity index (χ1) is 12.1. The number of methoxy groups -OCH3 is 1. The predicted octanol–water partition coefficient (Wildman–Crippen LogP) is 2.99. The second-order valence-electron chi connectivity index (χ2n) is 5.87. The molecule has 0 aliphatic carbocycles. The van der Waals surface area contributed by atoms with Gasteiger partial charge in [0.15, 0.2) is 0 Å². The summed E-state index contributed by atoms with van der Waals surface area (Å²) in [6, 6.07) is 12.4. The summed E-state index contributed by atoms with van der Waals surface area (Å²) in [4.78, 5) is 23.8. The number of hydrogen-bond donors (Lipinski definition) is 1. The lowest BCUT2D eigenvalue weighted by molar-refractivity contribution is -0.126. The van der Waals surface area contributed by atoms with Gasteiger partial charge in [-0.2, -0.15) is 0 Å². The maximum atomic E-state index is 12.4. The summed E-state index contributed by atoms with van der Waals surface area (Å²) in [5.41, 5.74) is 2.33. The van der Waals surface area contributed by atoms with Gasteiger partial charge in [-0.1, -0.05) is 23.7 Å². The van der Waals surface area contributed by atoms with Crippen LogP contribution in [0.4, 0.5) is 0 Å². The summed E-state index contributed by atoms with van der Waals surface area (Å²) >= 11 is 6.00. The van der Waals surface area contributed by atoms with Crippen LogP contribution in [0.5, 0.6) is 5.75 Å². The largest absolute Gasteiger partial charge is 0.492 e. The summed E-state index contributed by atoms with van der Waals surface area (Å²) in [5.74, 6) is 0.0853. The van der Waals surface area contributed by atoms with Gasteiger partial charge in [0.05, 0.1) is 18.6 Å². The molecule has 0 saturated carbocycles. The minimum atomic E-state index is -0.382. The standard InChI is InChI=1S/C19H18ClNO4/c1-24-19(23)13-4-2-12(3-5-13)10-21-18(22)15-8-14-9-16(20)6-7-17(14)25-11-15/h2-7,9,15H,8,10-11H2,1H3,(H,21,22)/t15-/m0/s1. The first-order valence-corrected chi connectivity index (χ1v) is 8.31. The number of rotatable bonds is 4. The van der Waals surface area contributed by atoms with E-state index < -0.39 is 0 Å². The molecular weight excluding hydrogens is 342 g/mol. The number of amides is 1. The van der Waals surface area contributed by atoms with E-state index in [1.807, 2.05) is 12.1 Å². The van der Waals surface area contributed by atoms with Gasteiger partial charge < -0.3 is 14.8 Å². The monoisotopic (exact) mass is 359 g/mol. The topological polar surface area (TPSA) is 64.6 Å². The van der Waals surface area contributed by atoms with Crippen molar-refractivity contribution in [2.24, 2.45) is 5.92 Å². The Hall–Kier alpha value is -2.53. The zero-order valence-corrected chi connectivity index (χ0v) is 14.5. The van der Waals surface area contributed by atoms with Crippen LogP contribution in [0.15, 0.2) is 42.5 Å². The molecule has 2 aromatic rings. The predicted molar refractivity (Wildman–Crippen MR) is 93.8 cm³/mol. The summed E-state index contributed by atoms with van der Waals surface area (Å²) < 4.78 is 10.3. The number of benzene rings is 2. The highest BCUT2D eigenvalue weighted by Gasteiger charge is 2.26. The normalized spacial score (nSPS) is 15.7. The number of fused-ring (bicyclic) bond motifs is 1. The molecule has 5 nitrogen and oxygen atoms in total. The van der Waals surface area contributed by atoms with Gasteiger partial charge in [0.25, 0.3) is 0 Å².